The van der Waals surface area contributed by atoms with Gasteiger partial charge in [0.05, 0.1) is 66.1 Å². The van der Waals surface area contributed by atoms with Crippen LogP contribution in [0.4, 0.5) is 0 Å². The Morgan fingerprint density at radius 1 is 0.258 bits per heavy atom. The molecule has 0 aromatic heterocycles. The zero-order valence-electron chi connectivity index (χ0n) is 60.2. The van der Waals surface area contributed by atoms with E-state index in [1.165, 1.54) is 94.8 Å². The van der Waals surface area contributed by atoms with Crippen LogP contribution in [-0.2, 0) is 63.8 Å². The van der Waals surface area contributed by atoms with Crippen molar-refractivity contribution in [3.05, 3.63) is 263 Å². The van der Waals surface area contributed by atoms with Crippen molar-refractivity contribution in [1.82, 2.24) is 0 Å². The van der Waals surface area contributed by atoms with Crippen LogP contribution in [0.2, 0.25) is 101 Å². The van der Waals surface area contributed by atoms with Gasteiger partial charge in [-0.1, -0.05) is 366 Å². The Bertz CT molecular complexity index is 3230. The van der Waals surface area contributed by atoms with Gasteiger partial charge in [-0.15, -0.1) is 0 Å². The lowest BCUT2D eigenvalue weighted by molar-refractivity contribution is -0.148. The second kappa shape index (κ2) is 35.5. The first-order valence-electron chi connectivity index (χ1n) is 35.6. The molecule has 97 heavy (non-hydrogen) atoms. The molecule has 0 fully saturated rings. The third kappa shape index (κ3) is 23.4. The summed E-state index contributed by atoms with van der Waals surface area (Å²) >= 11 is 0. The van der Waals surface area contributed by atoms with Gasteiger partial charge in [-0.3, -0.25) is 19.2 Å². The molecule has 512 valence electrons. The maximum atomic E-state index is 13.0. The summed E-state index contributed by atoms with van der Waals surface area (Å²) in [6.07, 6.45) is 4.58. The van der Waals surface area contributed by atoms with Crippen molar-refractivity contribution in [2.45, 2.75) is 204 Å². The lowest BCUT2D eigenvalue weighted by Crippen LogP contribution is -2.44. The molecule has 0 amide bonds. The fourth-order valence-corrected chi connectivity index (χ4v) is 30.3. The quantitative estimate of drug-likeness (QED) is 0.0217. The molecule has 0 spiro atoms. The maximum Gasteiger partial charge on any atom is 0.310 e. The number of hydrogen-bond donors (Lipinski definition) is 0. The van der Waals surface area contributed by atoms with Crippen LogP contribution in [0.25, 0.3) is 0 Å². The molecular weight excluding hydrogens is 1280 g/mol. The van der Waals surface area contributed by atoms with Crippen LogP contribution in [0.5, 0.6) is 0 Å². The van der Waals surface area contributed by atoms with Gasteiger partial charge in [-0.2, -0.15) is 0 Å². The fourth-order valence-electron chi connectivity index (χ4n) is 14.0. The Labute approximate surface area is 586 Å². The number of rotatable bonds is 36. The molecule has 0 saturated carbocycles. The highest BCUT2D eigenvalue weighted by atomic mass is 28.3. The molecule has 8 nitrogen and oxygen atoms in total. The van der Waals surface area contributed by atoms with Crippen LogP contribution < -0.4 is 20.7 Å². The second-order valence-electron chi connectivity index (χ2n) is 30.1. The molecule has 0 aliphatic heterocycles. The minimum Gasteiger partial charge on any atom is -0.458 e. The maximum absolute atomic E-state index is 13.0. The first-order chi connectivity index (χ1) is 46.3. The van der Waals surface area contributed by atoms with Gasteiger partial charge in [0.1, 0.15) is 24.4 Å². The van der Waals surface area contributed by atoms with Crippen LogP contribution in [-0.4, -0.2) is 64.2 Å². The average molecular weight is 1390 g/mol. The zero-order chi connectivity index (χ0) is 69.6. The summed E-state index contributed by atoms with van der Waals surface area (Å²) in [5.74, 6) is -0.863. The highest BCUT2D eigenvalue weighted by Gasteiger charge is 2.37. The van der Waals surface area contributed by atoms with Crippen molar-refractivity contribution in [2.75, 3.05) is 0 Å². The molecule has 0 heterocycles. The summed E-state index contributed by atoms with van der Waals surface area (Å²) in [6.45, 7) is 28.3. The Kier molecular flexibility index (Phi) is 27.6. The fraction of sp³-hybridized carbons (Fsp3) is 0.381. The molecule has 0 aliphatic rings. The highest BCUT2D eigenvalue weighted by molar-refractivity contribution is 6.91. The van der Waals surface area contributed by atoms with Gasteiger partial charge in [0.25, 0.3) is 0 Å². The van der Waals surface area contributed by atoms with E-state index in [0.29, 0.717) is 0 Å². The van der Waals surface area contributed by atoms with Gasteiger partial charge in [-0.05, 0) is 72.2 Å². The van der Waals surface area contributed by atoms with Crippen LogP contribution in [0, 0.1) is 0 Å². The van der Waals surface area contributed by atoms with E-state index in [1.807, 2.05) is 149 Å². The number of benzene rings is 8. The number of esters is 4. The van der Waals surface area contributed by atoms with E-state index >= 15 is 0 Å². The largest absolute Gasteiger partial charge is 0.458 e. The third-order valence-corrected chi connectivity index (χ3v) is 40.3. The molecule has 13 heteroatoms. The van der Waals surface area contributed by atoms with E-state index in [4.69, 9.17) is 18.9 Å². The first kappa shape index (κ1) is 75.5. The van der Waals surface area contributed by atoms with Gasteiger partial charge >= 0.3 is 23.9 Å². The molecule has 0 saturated heterocycles. The van der Waals surface area contributed by atoms with E-state index in [0.717, 1.165) is 44.5 Å². The topological polar surface area (TPSA) is 105 Å². The van der Waals surface area contributed by atoms with E-state index in [9.17, 15) is 19.2 Å². The van der Waals surface area contributed by atoms with Crippen molar-refractivity contribution in [3.63, 3.8) is 0 Å². The Hall–Kier alpha value is -7.28. The normalized spacial score (nSPS) is 13.9. The minimum atomic E-state index is -1.97. The molecule has 0 aliphatic carbocycles. The molecule has 8 aromatic rings. The highest BCUT2D eigenvalue weighted by Crippen LogP contribution is 2.38. The number of hydrogen-bond acceptors (Lipinski definition) is 8. The van der Waals surface area contributed by atoms with Crippen LogP contribution in [0.3, 0.4) is 0 Å². The SMILES string of the molecule is CC(OC(=O)Cc1ccccc1)c1ccc([Si](C)(C)CCC[Si](CCC[Si](C)(C)c2ccc(C(C)OC(=O)Cc3ccccc3)cc2)(CCC[Si](C)(C)c2ccc(C(C)OC(=O)Cc3ccccc3)cc2)CCC[Si](C)(C)c2ccc(C(C)OC(=O)Cc3ccccc3)cc2)cc1. The third-order valence-electron chi connectivity index (χ3n) is 20.7. The van der Waals surface area contributed by atoms with Gasteiger partial charge in [-0.25, -0.2) is 0 Å². The molecule has 0 radical (unpaired) electrons. The monoisotopic (exact) mass is 1380 g/mol. The summed E-state index contributed by atoms with van der Waals surface area (Å²) in [4.78, 5) is 52.1. The predicted molar refractivity (Wildman–Crippen MR) is 416 cm³/mol. The van der Waals surface area contributed by atoms with E-state index < -0.39 is 40.4 Å². The van der Waals surface area contributed by atoms with Gasteiger partial charge in [0, 0.05) is 0 Å². The standard InChI is InChI=1S/C84H108O8Si5/c1-65(89-81(85)61-69-29-17-13-18-30-69)73-37-45-77(46-38-73)93(5,6)53-25-57-97(58-26-54-94(7,8)78-47-39-74(40-48-78)66(2)90-82(86)62-70-31-19-14-20-32-70,59-27-55-95(9,10)79-49-41-75(42-50-79)67(3)91-83(87)63-71-33-21-15-22-34-71)60-28-56-96(11,12)80-51-43-76(44-52-80)68(4)92-84(88)64-72-35-23-16-24-36-72/h13-24,29-52,65-68H,25-28,53-64H2,1-12H3. The molecule has 8 aromatic carbocycles. The zero-order valence-corrected chi connectivity index (χ0v) is 65.2. The Balaban J connectivity index is 1.01. The van der Waals surface area contributed by atoms with Gasteiger partial charge < -0.3 is 18.9 Å². The van der Waals surface area contributed by atoms with Gasteiger partial charge in [0.15, 0.2) is 0 Å². The predicted octanol–water partition coefficient (Wildman–Crippen LogP) is 18.8. The van der Waals surface area contributed by atoms with Crippen LogP contribution in [0.15, 0.2) is 218 Å². The molecule has 4 unspecified atom stereocenters. The average Bonchev–Trinajstić information content (AvgIpc) is 0.890. The molecule has 8 rings (SSSR count). The summed E-state index contributed by atoms with van der Waals surface area (Å²) in [6, 6.07) is 85.5. The van der Waals surface area contributed by atoms with Crippen LogP contribution >= 0.6 is 0 Å². The summed E-state index contributed by atoms with van der Waals surface area (Å²) in [7, 11) is -9.59. The summed E-state index contributed by atoms with van der Waals surface area (Å²) < 4.78 is 23.9. The van der Waals surface area contributed by atoms with E-state index in [-0.39, 0.29) is 74.0 Å². The number of carbonyl (C=O) groups excluding carboxylic acids is 4. The number of carbonyl (C=O) groups is 4. The summed E-state index contributed by atoms with van der Waals surface area (Å²) in [5.41, 5.74) is 7.90. The molecule has 0 N–H and O–H groups in total. The van der Waals surface area contributed by atoms with Crippen molar-refractivity contribution in [1.29, 1.82) is 0 Å². The minimum absolute atomic E-state index is 0.216. The first-order valence-corrected chi connectivity index (χ1v) is 51.3. The Morgan fingerprint density at radius 3 is 0.608 bits per heavy atom. The van der Waals surface area contributed by atoms with E-state index in [2.05, 4.69) is 149 Å². The molecule has 0 bridgehead atoms. The molecule has 4 atom stereocenters. The van der Waals surface area contributed by atoms with Crippen LogP contribution in [0.1, 0.15) is 122 Å². The van der Waals surface area contributed by atoms with Crippen molar-refractivity contribution in [3.8, 4) is 0 Å². The Morgan fingerprint density at radius 2 is 0.433 bits per heavy atom. The van der Waals surface area contributed by atoms with Crippen molar-refractivity contribution < 1.29 is 38.1 Å². The molecular formula is C84H108O8Si5. The van der Waals surface area contributed by atoms with E-state index in [1.54, 1.807) is 0 Å². The lowest BCUT2D eigenvalue weighted by atomic mass is 10.1. The summed E-state index contributed by atoms with van der Waals surface area (Å²) in [5, 5.41) is 5.78. The second-order valence-corrected chi connectivity index (χ2v) is 54.5. The smallest absolute Gasteiger partial charge is 0.310 e. The number of ether oxygens (including phenoxy) is 4. The van der Waals surface area contributed by atoms with Crippen molar-refractivity contribution in [2.24, 2.45) is 0 Å². The lowest BCUT2D eigenvalue weighted by Gasteiger charge is -2.37. The van der Waals surface area contributed by atoms with Gasteiger partial charge in [0.2, 0.25) is 0 Å². The van der Waals surface area contributed by atoms with Crippen molar-refractivity contribution >= 4 is 85.0 Å².